The van der Waals surface area contributed by atoms with Crippen LogP contribution in [0.25, 0.3) is 16.9 Å². The molecule has 0 aliphatic rings. The van der Waals surface area contributed by atoms with Crippen molar-refractivity contribution in [3.05, 3.63) is 91.1 Å². The Morgan fingerprint density at radius 1 is 0.708 bits per heavy atom. The number of hydrogen-bond donors (Lipinski definition) is 0. The molecule has 3 aromatic carbocycles. The van der Waals surface area contributed by atoms with Crippen LogP contribution in [0.1, 0.15) is 0 Å². The van der Waals surface area contributed by atoms with Crippen LogP contribution < -0.4 is 8.92 Å². The molecule has 0 bridgehead atoms. The molecule has 1 aromatic heterocycles. The molecular formula is C20H15N3Se. The average Bonchev–Trinajstić information content (AvgIpc) is 3.14. The molecule has 0 radical (unpaired) electrons. The molecule has 0 saturated heterocycles. The molecule has 24 heavy (non-hydrogen) atoms. The third kappa shape index (κ3) is 3.16. The van der Waals surface area contributed by atoms with Gasteiger partial charge in [-0.05, 0) is 0 Å². The Bertz CT molecular complexity index is 933. The molecule has 0 spiro atoms. The zero-order chi connectivity index (χ0) is 16.2. The van der Waals surface area contributed by atoms with Crippen LogP contribution in [0.15, 0.2) is 91.1 Å². The van der Waals surface area contributed by atoms with E-state index < -0.39 is 0 Å². The normalized spacial score (nSPS) is 10.7. The molecule has 116 valence electrons. The summed E-state index contributed by atoms with van der Waals surface area (Å²) < 4.78 is 4.52. The van der Waals surface area contributed by atoms with E-state index in [9.17, 15) is 0 Å². The summed E-state index contributed by atoms with van der Waals surface area (Å²) in [5.41, 5.74) is 3.06. The van der Waals surface area contributed by atoms with Gasteiger partial charge in [0.2, 0.25) is 0 Å². The van der Waals surface area contributed by atoms with Gasteiger partial charge in [0.25, 0.3) is 0 Å². The van der Waals surface area contributed by atoms with Gasteiger partial charge in [-0.2, -0.15) is 0 Å². The maximum atomic E-state index is 4.34. The standard InChI is InChI=1S/C20H15N3Se/c1-3-9-16(10-4-1)18-15-23(22-21-18)19-13-7-8-14-20(19)24-17-11-5-2-6-12-17/h1-15H. The Morgan fingerprint density at radius 3 is 2.17 bits per heavy atom. The van der Waals surface area contributed by atoms with Crippen LogP contribution in [-0.4, -0.2) is 30.0 Å². The minimum atomic E-state index is 0.233. The number of rotatable bonds is 4. The van der Waals surface area contributed by atoms with Crippen LogP contribution in [0.2, 0.25) is 0 Å². The summed E-state index contributed by atoms with van der Waals surface area (Å²) >= 11 is 0.233. The molecule has 0 atom stereocenters. The minimum absolute atomic E-state index is 0.233. The summed E-state index contributed by atoms with van der Waals surface area (Å²) in [6.07, 6.45) is 2.00. The first kappa shape index (κ1) is 14.9. The first-order valence-corrected chi connectivity index (χ1v) is 9.41. The van der Waals surface area contributed by atoms with Crippen LogP contribution in [0.3, 0.4) is 0 Å². The molecule has 0 N–H and O–H groups in total. The van der Waals surface area contributed by atoms with Gasteiger partial charge in [-0.15, -0.1) is 0 Å². The molecule has 0 amide bonds. The molecule has 3 nitrogen and oxygen atoms in total. The summed E-state index contributed by atoms with van der Waals surface area (Å²) in [6, 6.07) is 29.1. The van der Waals surface area contributed by atoms with E-state index in [1.165, 1.54) is 8.92 Å². The SMILES string of the molecule is c1ccc([Se]c2ccccc2-n2cc(-c3ccccc3)nn2)cc1. The van der Waals surface area contributed by atoms with Crippen LogP contribution in [0, 0.1) is 0 Å². The molecular weight excluding hydrogens is 361 g/mol. The van der Waals surface area contributed by atoms with Gasteiger partial charge in [0.05, 0.1) is 0 Å². The number of hydrogen-bond acceptors (Lipinski definition) is 2. The summed E-state index contributed by atoms with van der Waals surface area (Å²) in [7, 11) is 0. The van der Waals surface area contributed by atoms with Gasteiger partial charge in [-0.3, -0.25) is 0 Å². The average molecular weight is 376 g/mol. The number of nitrogens with zero attached hydrogens (tertiary/aromatic N) is 3. The fourth-order valence-electron chi connectivity index (χ4n) is 2.47. The molecule has 0 saturated carbocycles. The second-order valence-corrected chi connectivity index (χ2v) is 7.64. The maximum absolute atomic E-state index is 4.34. The number of aromatic nitrogens is 3. The predicted molar refractivity (Wildman–Crippen MR) is 98.3 cm³/mol. The Balaban J connectivity index is 1.69. The first-order chi connectivity index (χ1) is 11.9. The van der Waals surface area contributed by atoms with Crippen molar-refractivity contribution in [3.8, 4) is 16.9 Å². The van der Waals surface area contributed by atoms with Crippen molar-refractivity contribution in [2.45, 2.75) is 0 Å². The van der Waals surface area contributed by atoms with E-state index in [4.69, 9.17) is 0 Å². The molecule has 0 aliphatic carbocycles. The quantitative estimate of drug-likeness (QED) is 0.513. The van der Waals surface area contributed by atoms with Gasteiger partial charge in [-0.25, -0.2) is 0 Å². The van der Waals surface area contributed by atoms with Crippen molar-refractivity contribution in [2.75, 3.05) is 0 Å². The summed E-state index contributed by atoms with van der Waals surface area (Å²) in [6.45, 7) is 0. The van der Waals surface area contributed by atoms with E-state index in [0.717, 1.165) is 16.9 Å². The molecule has 4 aromatic rings. The molecule has 4 rings (SSSR count). The summed E-state index contributed by atoms with van der Waals surface area (Å²) in [5, 5.41) is 8.67. The predicted octanol–water partition coefficient (Wildman–Crippen LogP) is 2.59. The second kappa shape index (κ2) is 6.83. The Kier molecular flexibility index (Phi) is 4.24. The zero-order valence-corrected chi connectivity index (χ0v) is 14.6. The van der Waals surface area contributed by atoms with Crippen molar-refractivity contribution in [3.63, 3.8) is 0 Å². The summed E-state index contributed by atoms with van der Waals surface area (Å²) in [5.74, 6) is 0. The van der Waals surface area contributed by atoms with E-state index in [2.05, 4.69) is 58.8 Å². The second-order valence-electron chi connectivity index (χ2n) is 5.30. The van der Waals surface area contributed by atoms with Crippen LogP contribution in [0.4, 0.5) is 0 Å². The first-order valence-electron chi connectivity index (χ1n) is 7.70. The van der Waals surface area contributed by atoms with Crippen LogP contribution >= 0.6 is 0 Å². The van der Waals surface area contributed by atoms with Crippen molar-refractivity contribution >= 4 is 23.9 Å². The van der Waals surface area contributed by atoms with Crippen LogP contribution in [-0.2, 0) is 0 Å². The number of benzene rings is 3. The van der Waals surface area contributed by atoms with Gasteiger partial charge in [0.1, 0.15) is 0 Å². The molecule has 1 heterocycles. The molecule has 4 heteroatoms. The van der Waals surface area contributed by atoms with E-state index in [0.29, 0.717) is 0 Å². The fourth-order valence-corrected chi connectivity index (χ4v) is 4.48. The summed E-state index contributed by atoms with van der Waals surface area (Å²) in [4.78, 5) is 0. The zero-order valence-electron chi connectivity index (χ0n) is 12.9. The van der Waals surface area contributed by atoms with Crippen molar-refractivity contribution in [2.24, 2.45) is 0 Å². The topological polar surface area (TPSA) is 30.7 Å². The Morgan fingerprint density at radius 2 is 1.38 bits per heavy atom. The van der Waals surface area contributed by atoms with Crippen LogP contribution in [0.5, 0.6) is 0 Å². The molecule has 0 aliphatic heterocycles. The number of para-hydroxylation sites is 1. The van der Waals surface area contributed by atoms with Gasteiger partial charge < -0.3 is 0 Å². The fraction of sp³-hybridized carbons (Fsp3) is 0. The Labute approximate surface area is 147 Å². The van der Waals surface area contributed by atoms with E-state index >= 15 is 0 Å². The van der Waals surface area contributed by atoms with Crippen molar-refractivity contribution < 1.29 is 0 Å². The monoisotopic (exact) mass is 377 g/mol. The van der Waals surface area contributed by atoms with Crippen molar-refractivity contribution in [1.29, 1.82) is 0 Å². The molecule has 0 unspecified atom stereocenters. The van der Waals surface area contributed by atoms with E-state index in [-0.39, 0.29) is 15.0 Å². The van der Waals surface area contributed by atoms with Gasteiger partial charge in [0.15, 0.2) is 0 Å². The third-order valence-electron chi connectivity index (χ3n) is 3.65. The van der Waals surface area contributed by atoms with E-state index in [1.54, 1.807) is 0 Å². The van der Waals surface area contributed by atoms with Gasteiger partial charge >= 0.3 is 147 Å². The van der Waals surface area contributed by atoms with Gasteiger partial charge in [0, 0.05) is 0 Å². The third-order valence-corrected chi connectivity index (χ3v) is 5.90. The van der Waals surface area contributed by atoms with Gasteiger partial charge in [-0.1, -0.05) is 0 Å². The Hall–Kier alpha value is -2.68. The van der Waals surface area contributed by atoms with E-state index in [1.807, 2.05) is 47.3 Å². The molecule has 0 fully saturated rings. The van der Waals surface area contributed by atoms with Crippen molar-refractivity contribution in [1.82, 2.24) is 15.0 Å².